The number of fused-ring (bicyclic) bond motifs is 1. The van der Waals surface area contributed by atoms with Crippen LogP contribution in [0.1, 0.15) is 27.7 Å². The normalized spacial score (nSPS) is 19.0. The Morgan fingerprint density at radius 1 is 1.21 bits per heavy atom. The van der Waals surface area contributed by atoms with Gasteiger partial charge in [-0.15, -0.1) is 0 Å². The van der Waals surface area contributed by atoms with Gasteiger partial charge >= 0.3 is 13.2 Å². The smallest absolute Gasteiger partial charge is 0.465 e. The average molecular weight is 352 g/mol. The maximum Gasteiger partial charge on any atom is 0.494 e. The minimum Gasteiger partial charge on any atom is -0.465 e. The van der Waals surface area contributed by atoms with Gasteiger partial charge in [-0.05, 0) is 45.3 Å². The molecule has 0 atom stereocenters. The van der Waals surface area contributed by atoms with Gasteiger partial charge in [-0.25, -0.2) is 4.79 Å². The first-order chi connectivity index (χ1) is 11.0. The van der Waals surface area contributed by atoms with Crippen LogP contribution >= 0.6 is 11.6 Å². The van der Waals surface area contributed by atoms with E-state index in [4.69, 9.17) is 25.3 Å². The van der Waals surface area contributed by atoms with Crippen molar-refractivity contribution in [2.75, 3.05) is 11.9 Å². The molecule has 2 aromatic rings. The van der Waals surface area contributed by atoms with Gasteiger partial charge in [0.2, 0.25) is 0 Å². The monoisotopic (exact) mass is 351 g/mol. The Labute approximate surface area is 145 Å². The third kappa shape index (κ3) is 2.57. The Morgan fingerprint density at radius 3 is 2.33 bits per heavy atom. The van der Waals surface area contributed by atoms with E-state index < -0.39 is 24.4 Å². The van der Waals surface area contributed by atoms with Crippen LogP contribution in [0.4, 0.5) is 10.5 Å². The molecular weight excluding hydrogens is 332 g/mol. The fourth-order valence-corrected chi connectivity index (χ4v) is 2.85. The van der Waals surface area contributed by atoms with E-state index in [0.29, 0.717) is 27.1 Å². The SMILES string of the molecule is CN(C(=O)O)c1coc2c(Cl)cc(B3OC(C)(C)C(C)(C)O3)cc12. The molecule has 0 bridgehead atoms. The van der Waals surface area contributed by atoms with E-state index in [1.807, 2.05) is 27.7 Å². The maximum absolute atomic E-state index is 11.2. The summed E-state index contributed by atoms with van der Waals surface area (Å²) in [6.07, 6.45) is 0.286. The van der Waals surface area contributed by atoms with E-state index in [1.165, 1.54) is 13.3 Å². The minimum absolute atomic E-state index is 0.377. The second-order valence-electron chi connectivity index (χ2n) is 6.93. The lowest BCUT2D eigenvalue weighted by Crippen LogP contribution is -2.41. The molecule has 0 spiro atoms. The van der Waals surface area contributed by atoms with E-state index >= 15 is 0 Å². The number of rotatable bonds is 2. The van der Waals surface area contributed by atoms with Crippen LogP contribution in [0.25, 0.3) is 11.0 Å². The van der Waals surface area contributed by atoms with Gasteiger partial charge in [0.1, 0.15) is 6.26 Å². The quantitative estimate of drug-likeness (QED) is 0.838. The molecule has 1 aromatic heterocycles. The number of benzene rings is 1. The number of nitrogens with zero attached hydrogens (tertiary/aromatic N) is 1. The van der Waals surface area contributed by atoms with Gasteiger partial charge in [-0.3, -0.25) is 4.90 Å². The Bertz CT molecular complexity index is 800. The van der Waals surface area contributed by atoms with Crippen molar-refractivity contribution in [2.24, 2.45) is 0 Å². The number of hydrogen-bond acceptors (Lipinski definition) is 4. The zero-order chi connectivity index (χ0) is 17.9. The van der Waals surface area contributed by atoms with Crippen LogP contribution < -0.4 is 10.4 Å². The highest BCUT2D eigenvalue weighted by Crippen LogP contribution is 2.38. The Hall–Kier alpha value is -1.70. The van der Waals surface area contributed by atoms with Crippen molar-refractivity contribution in [3.63, 3.8) is 0 Å². The highest BCUT2D eigenvalue weighted by molar-refractivity contribution is 6.63. The van der Waals surface area contributed by atoms with Gasteiger partial charge in [0.25, 0.3) is 0 Å². The van der Waals surface area contributed by atoms with Gasteiger partial charge in [-0.2, -0.15) is 0 Å². The molecule has 24 heavy (non-hydrogen) atoms. The first-order valence-electron chi connectivity index (χ1n) is 7.56. The van der Waals surface area contributed by atoms with E-state index in [9.17, 15) is 9.90 Å². The van der Waals surface area contributed by atoms with Crippen LogP contribution in [0.3, 0.4) is 0 Å². The van der Waals surface area contributed by atoms with Crippen molar-refractivity contribution in [1.29, 1.82) is 0 Å². The average Bonchev–Trinajstić information content (AvgIpc) is 2.97. The molecule has 128 valence electrons. The first kappa shape index (κ1) is 17.1. The molecule has 6 nitrogen and oxygen atoms in total. The van der Waals surface area contributed by atoms with Gasteiger partial charge in [0, 0.05) is 12.4 Å². The zero-order valence-electron chi connectivity index (χ0n) is 14.2. The van der Waals surface area contributed by atoms with E-state index in [2.05, 4.69) is 0 Å². The summed E-state index contributed by atoms with van der Waals surface area (Å²) in [6, 6.07) is 3.52. The van der Waals surface area contributed by atoms with Crippen LogP contribution in [0, 0.1) is 0 Å². The lowest BCUT2D eigenvalue weighted by atomic mass is 9.78. The molecule has 8 heteroatoms. The predicted octanol–water partition coefficient (Wildman–Crippen LogP) is 3.50. The number of anilines is 1. The lowest BCUT2D eigenvalue weighted by molar-refractivity contribution is 0.00578. The van der Waals surface area contributed by atoms with Gasteiger partial charge in [-0.1, -0.05) is 11.6 Å². The summed E-state index contributed by atoms with van der Waals surface area (Å²) >= 11 is 6.31. The van der Waals surface area contributed by atoms with Crippen LogP contribution in [-0.2, 0) is 9.31 Å². The zero-order valence-corrected chi connectivity index (χ0v) is 15.0. The number of carboxylic acid groups (broad SMARTS) is 1. The molecule has 1 amide bonds. The van der Waals surface area contributed by atoms with Crippen molar-refractivity contribution < 1.29 is 23.6 Å². The fraction of sp³-hybridized carbons (Fsp3) is 0.438. The molecule has 0 unspecified atom stereocenters. The molecule has 1 aliphatic rings. The predicted molar refractivity (Wildman–Crippen MR) is 93.4 cm³/mol. The second-order valence-corrected chi connectivity index (χ2v) is 7.34. The first-order valence-corrected chi connectivity index (χ1v) is 7.94. The van der Waals surface area contributed by atoms with Crippen molar-refractivity contribution in [3.05, 3.63) is 23.4 Å². The Kier molecular flexibility index (Phi) is 3.86. The number of carbonyl (C=O) groups is 1. The van der Waals surface area contributed by atoms with E-state index in [0.717, 1.165) is 4.90 Å². The van der Waals surface area contributed by atoms with E-state index in [1.54, 1.807) is 12.1 Å². The number of hydrogen-bond donors (Lipinski definition) is 1. The van der Waals surface area contributed by atoms with Crippen molar-refractivity contribution >= 4 is 46.9 Å². The minimum atomic E-state index is -1.09. The van der Waals surface area contributed by atoms with Crippen molar-refractivity contribution in [3.8, 4) is 0 Å². The summed E-state index contributed by atoms with van der Waals surface area (Å²) in [4.78, 5) is 12.3. The summed E-state index contributed by atoms with van der Waals surface area (Å²) in [5.74, 6) is 0. The number of furan rings is 1. The van der Waals surface area contributed by atoms with Gasteiger partial charge < -0.3 is 18.8 Å². The summed E-state index contributed by atoms with van der Waals surface area (Å²) in [5, 5.41) is 10.2. The van der Waals surface area contributed by atoms with Gasteiger partial charge in [0.05, 0.1) is 21.9 Å². The van der Waals surface area contributed by atoms with Gasteiger partial charge in [0.15, 0.2) is 5.58 Å². The summed E-state index contributed by atoms with van der Waals surface area (Å²) in [7, 11) is 0.858. The molecular formula is C16H19BClNO5. The maximum atomic E-state index is 11.2. The van der Waals surface area contributed by atoms with Crippen molar-refractivity contribution in [2.45, 2.75) is 38.9 Å². The molecule has 3 rings (SSSR count). The molecule has 1 saturated heterocycles. The van der Waals surface area contributed by atoms with Crippen LogP contribution in [-0.4, -0.2) is 36.6 Å². The van der Waals surface area contributed by atoms with E-state index in [-0.39, 0.29) is 0 Å². The molecule has 1 N–H and O–H groups in total. The summed E-state index contributed by atoms with van der Waals surface area (Å²) < 4.78 is 17.5. The Morgan fingerprint density at radius 2 is 1.79 bits per heavy atom. The third-order valence-corrected chi connectivity index (χ3v) is 5.08. The highest BCUT2D eigenvalue weighted by atomic mass is 35.5. The van der Waals surface area contributed by atoms with Crippen molar-refractivity contribution in [1.82, 2.24) is 0 Å². The Balaban J connectivity index is 2.08. The fourth-order valence-electron chi connectivity index (χ4n) is 2.58. The third-order valence-electron chi connectivity index (χ3n) is 4.80. The van der Waals surface area contributed by atoms with Crippen LogP contribution in [0.15, 0.2) is 22.8 Å². The molecule has 1 aromatic carbocycles. The highest BCUT2D eigenvalue weighted by Gasteiger charge is 2.51. The number of halogens is 1. The second kappa shape index (κ2) is 5.41. The molecule has 0 saturated carbocycles. The molecule has 2 heterocycles. The lowest BCUT2D eigenvalue weighted by Gasteiger charge is -2.32. The molecule has 0 aliphatic carbocycles. The summed E-state index contributed by atoms with van der Waals surface area (Å²) in [6.45, 7) is 7.87. The topological polar surface area (TPSA) is 72.1 Å². The number of amides is 1. The molecule has 0 radical (unpaired) electrons. The van der Waals surface area contributed by atoms with Crippen LogP contribution in [0.5, 0.6) is 0 Å². The molecule has 1 fully saturated rings. The molecule has 1 aliphatic heterocycles. The summed E-state index contributed by atoms with van der Waals surface area (Å²) in [5.41, 5.74) is 0.609. The van der Waals surface area contributed by atoms with Crippen LogP contribution in [0.2, 0.25) is 5.02 Å². The largest absolute Gasteiger partial charge is 0.494 e. The standard InChI is InChI=1S/C16H19BClNO5/c1-15(2)16(3,4)24-17(23-15)9-6-10-12(19(5)14(20)21)8-22-13(10)11(18)7-9/h6-8H,1-5H3,(H,20,21).